The summed E-state index contributed by atoms with van der Waals surface area (Å²) in [5.41, 5.74) is 6.53. The highest BCUT2D eigenvalue weighted by molar-refractivity contribution is 7.57. The Morgan fingerprint density at radius 3 is 2.22 bits per heavy atom. The maximum absolute atomic E-state index is 12.3. The molecule has 0 aromatic rings. The first-order chi connectivity index (χ1) is 10.8. The van der Waals surface area contributed by atoms with Crippen molar-refractivity contribution in [2.75, 3.05) is 13.2 Å². The molecule has 0 aliphatic heterocycles. The molecule has 0 unspecified atom stereocenters. The SMILES string of the molecule is CCOP(=O)(C=C=C(C)C=CC=C(C)CCC=C(C)C)OCC. The lowest BCUT2D eigenvalue weighted by molar-refractivity contribution is 0.229. The maximum atomic E-state index is 12.3. The summed E-state index contributed by atoms with van der Waals surface area (Å²) in [6.45, 7) is 12.5. The van der Waals surface area contributed by atoms with E-state index in [1.165, 1.54) is 17.0 Å². The van der Waals surface area contributed by atoms with E-state index in [0.717, 1.165) is 18.4 Å². The summed E-state index contributed by atoms with van der Waals surface area (Å²) >= 11 is 0. The number of hydrogen-bond donors (Lipinski definition) is 0. The van der Waals surface area contributed by atoms with Crippen molar-refractivity contribution in [2.45, 2.75) is 54.4 Å². The van der Waals surface area contributed by atoms with Gasteiger partial charge in [0.15, 0.2) is 0 Å². The quantitative estimate of drug-likeness (QED) is 0.196. The predicted octanol–water partition coefficient (Wildman–Crippen LogP) is 6.56. The lowest BCUT2D eigenvalue weighted by Gasteiger charge is -2.11. The minimum Gasteiger partial charge on any atom is -0.305 e. The monoisotopic (exact) mass is 338 g/mol. The van der Waals surface area contributed by atoms with Gasteiger partial charge in [-0.2, -0.15) is 0 Å². The van der Waals surface area contributed by atoms with E-state index in [2.05, 4.69) is 38.7 Å². The average Bonchev–Trinajstić information content (AvgIpc) is 2.45. The van der Waals surface area contributed by atoms with Gasteiger partial charge >= 0.3 is 7.60 Å². The molecule has 0 amide bonds. The molecule has 0 aromatic carbocycles. The van der Waals surface area contributed by atoms with Crippen molar-refractivity contribution in [3.63, 3.8) is 0 Å². The highest BCUT2D eigenvalue weighted by Crippen LogP contribution is 2.49. The molecule has 0 fully saturated rings. The summed E-state index contributed by atoms with van der Waals surface area (Å²) in [5.74, 6) is 1.41. The van der Waals surface area contributed by atoms with Crippen LogP contribution in [0.3, 0.4) is 0 Å². The van der Waals surface area contributed by atoms with Crippen molar-refractivity contribution in [3.05, 3.63) is 52.6 Å². The van der Waals surface area contributed by atoms with Gasteiger partial charge in [-0.3, -0.25) is 4.57 Å². The fourth-order valence-corrected chi connectivity index (χ4v) is 3.03. The Hall–Kier alpha value is -1.11. The van der Waals surface area contributed by atoms with E-state index >= 15 is 0 Å². The molecular weight excluding hydrogens is 307 g/mol. The number of rotatable bonds is 10. The molecule has 4 heteroatoms. The fraction of sp³-hybridized carbons (Fsp3) is 0.526. The third kappa shape index (κ3) is 12.0. The normalized spacial score (nSPS) is 12.2. The third-order valence-electron chi connectivity index (χ3n) is 2.89. The largest absolute Gasteiger partial charge is 0.361 e. The molecule has 0 radical (unpaired) electrons. The van der Waals surface area contributed by atoms with Crippen molar-refractivity contribution >= 4 is 7.60 Å². The third-order valence-corrected chi connectivity index (χ3v) is 4.57. The second-order valence-electron chi connectivity index (χ2n) is 5.52. The summed E-state index contributed by atoms with van der Waals surface area (Å²) < 4.78 is 22.6. The maximum Gasteiger partial charge on any atom is 0.361 e. The average molecular weight is 338 g/mol. The standard InChI is InChI=1S/C19H31O3P/c1-7-21-23(20,22-8-2)16-15-19(6)14-10-13-18(5)12-9-11-17(3)4/h10-11,13-14,16H,7-9,12H2,1-6H3. The Morgan fingerprint density at radius 1 is 1.09 bits per heavy atom. The first-order valence-corrected chi connectivity index (χ1v) is 9.74. The minimum absolute atomic E-state index is 0.345. The van der Waals surface area contributed by atoms with Gasteiger partial charge < -0.3 is 9.05 Å². The molecule has 0 heterocycles. The van der Waals surface area contributed by atoms with Crippen LogP contribution in [0.2, 0.25) is 0 Å². The Balaban J connectivity index is 4.77. The van der Waals surface area contributed by atoms with Gasteiger partial charge in [0.1, 0.15) is 0 Å². The molecule has 0 aliphatic rings. The van der Waals surface area contributed by atoms with E-state index < -0.39 is 7.60 Å². The first-order valence-electron chi connectivity index (χ1n) is 8.13. The predicted molar refractivity (Wildman–Crippen MR) is 99.7 cm³/mol. The van der Waals surface area contributed by atoms with Crippen molar-refractivity contribution in [3.8, 4) is 0 Å². The Bertz CT molecular complexity index is 533. The summed E-state index contributed by atoms with van der Waals surface area (Å²) in [5, 5.41) is 0. The molecule has 0 aliphatic carbocycles. The van der Waals surface area contributed by atoms with Crippen LogP contribution in [0.15, 0.2) is 52.6 Å². The molecule has 23 heavy (non-hydrogen) atoms. The van der Waals surface area contributed by atoms with Crippen LogP contribution in [-0.4, -0.2) is 13.2 Å². The Kier molecular flexibility index (Phi) is 11.7. The minimum atomic E-state index is -3.16. The van der Waals surface area contributed by atoms with E-state index in [1.54, 1.807) is 13.8 Å². The smallest absolute Gasteiger partial charge is 0.305 e. The van der Waals surface area contributed by atoms with Crippen molar-refractivity contribution in [1.82, 2.24) is 0 Å². The number of hydrogen-bond acceptors (Lipinski definition) is 3. The highest BCUT2D eigenvalue weighted by atomic mass is 31.2. The molecule has 0 spiro atoms. The van der Waals surface area contributed by atoms with E-state index in [4.69, 9.17) is 9.05 Å². The van der Waals surface area contributed by atoms with Crippen molar-refractivity contribution in [2.24, 2.45) is 0 Å². The summed E-state index contributed by atoms with van der Waals surface area (Å²) in [7, 11) is -3.16. The molecule has 0 aromatic heterocycles. The van der Waals surface area contributed by atoms with Gasteiger partial charge in [0.05, 0.1) is 19.0 Å². The van der Waals surface area contributed by atoms with Gasteiger partial charge in [0.25, 0.3) is 0 Å². The Labute approximate surface area is 142 Å². The molecule has 0 saturated carbocycles. The zero-order valence-corrected chi connectivity index (χ0v) is 16.3. The van der Waals surface area contributed by atoms with E-state index in [1.807, 2.05) is 19.1 Å². The van der Waals surface area contributed by atoms with Crippen LogP contribution >= 0.6 is 7.60 Å². The molecular formula is C19H31O3P. The zero-order chi connectivity index (χ0) is 17.7. The van der Waals surface area contributed by atoms with Crippen LogP contribution in [0, 0.1) is 0 Å². The summed E-state index contributed by atoms with van der Waals surface area (Å²) in [4.78, 5) is 0. The highest BCUT2D eigenvalue weighted by Gasteiger charge is 2.18. The zero-order valence-electron chi connectivity index (χ0n) is 15.4. The molecule has 0 atom stereocenters. The molecule has 0 N–H and O–H groups in total. The lowest BCUT2D eigenvalue weighted by atomic mass is 10.1. The molecule has 0 bridgehead atoms. The van der Waals surface area contributed by atoms with Gasteiger partial charge in [0, 0.05) is 0 Å². The molecule has 0 saturated heterocycles. The fourth-order valence-electron chi connectivity index (χ4n) is 1.73. The van der Waals surface area contributed by atoms with Crippen LogP contribution in [0.5, 0.6) is 0 Å². The van der Waals surface area contributed by atoms with E-state index in [-0.39, 0.29) is 0 Å². The van der Waals surface area contributed by atoms with Gasteiger partial charge in [0.2, 0.25) is 0 Å². The van der Waals surface area contributed by atoms with Crippen molar-refractivity contribution < 1.29 is 13.6 Å². The number of allylic oxidation sites excluding steroid dienone is 7. The topological polar surface area (TPSA) is 35.5 Å². The van der Waals surface area contributed by atoms with Crippen molar-refractivity contribution in [1.29, 1.82) is 0 Å². The van der Waals surface area contributed by atoms with E-state index in [0.29, 0.717) is 13.2 Å². The van der Waals surface area contributed by atoms with Gasteiger partial charge in [-0.15, -0.1) is 5.73 Å². The summed E-state index contributed by atoms with van der Waals surface area (Å²) in [6.07, 6.45) is 10.4. The van der Waals surface area contributed by atoms with Crippen LogP contribution < -0.4 is 0 Å². The van der Waals surface area contributed by atoms with E-state index in [9.17, 15) is 4.57 Å². The molecule has 0 rings (SSSR count). The molecule has 130 valence electrons. The Morgan fingerprint density at radius 2 is 1.70 bits per heavy atom. The lowest BCUT2D eigenvalue weighted by Crippen LogP contribution is -1.92. The van der Waals surface area contributed by atoms with Crippen LogP contribution in [0.4, 0.5) is 0 Å². The molecule has 3 nitrogen and oxygen atoms in total. The first kappa shape index (κ1) is 21.9. The summed E-state index contributed by atoms with van der Waals surface area (Å²) in [6, 6.07) is 0. The van der Waals surface area contributed by atoms with Crippen LogP contribution in [0.1, 0.15) is 54.4 Å². The van der Waals surface area contributed by atoms with Gasteiger partial charge in [-0.1, -0.05) is 35.5 Å². The second kappa shape index (κ2) is 12.3. The van der Waals surface area contributed by atoms with Gasteiger partial charge in [-0.05, 0) is 60.0 Å². The van der Waals surface area contributed by atoms with Crippen LogP contribution in [-0.2, 0) is 13.6 Å². The van der Waals surface area contributed by atoms with Gasteiger partial charge in [-0.25, -0.2) is 0 Å². The second-order valence-corrected chi connectivity index (χ2v) is 7.38. The van der Waals surface area contributed by atoms with Crippen LogP contribution in [0.25, 0.3) is 0 Å².